The van der Waals surface area contributed by atoms with Crippen LogP contribution < -0.4 is 9.08 Å². The number of aromatic nitrogens is 2. The summed E-state index contributed by atoms with van der Waals surface area (Å²) in [7, 11) is -3.55. The molecule has 2 fully saturated rings. The van der Waals surface area contributed by atoms with E-state index in [1.54, 1.807) is 0 Å². The Morgan fingerprint density at radius 1 is 1.39 bits per heavy atom. The van der Waals surface area contributed by atoms with Crippen molar-refractivity contribution >= 4 is 15.9 Å². The minimum absolute atomic E-state index is 0.0494. The van der Waals surface area contributed by atoms with Crippen LogP contribution in [-0.2, 0) is 14.9 Å². The molecule has 7 nitrogen and oxygen atoms in total. The van der Waals surface area contributed by atoms with E-state index in [4.69, 9.17) is 8.92 Å². The van der Waals surface area contributed by atoms with Gasteiger partial charge in [0.15, 0.2) is 0 Å². The zero-order valence-corrected chi connectivity index (χ0v) is 10.7. The molecule has 2 saturated heterocycles. The maximum absolute atomic E-state index is 11.0. The summed E-state index contributed by atoms with van der Waals surface area (Å²) in [5.74, 6) is 0.731. The van der Waals surface area contributed by atoms with Gasteiger partial charge in [0.2, 0.25) is 5.88 Å². The normalized spacial score (nSPS) is 21.3. The Bertz CT molecular complexity index is 562. The molecule has 0 aromatic carbocycles. The van der Waals surface area contributed by atoms with Crippen molar-refractivity contribution in [2.45, 2.75) is 0 Å². The number of anilines is 1. The summed E-state index contributed by atoms with van der Waals surface area (Å²) in [6.07, 6.45) is 2.29. The maximum Gasteiger partial charge on any atom is 0.307 e. The highest BCUT2D eigenvalue weighted by atomic mass is 32.2. The van der Waals surface area contributed by atoms with Gasteiger partial charge in [-0.15, -0.1) is 0 Å². The van der Waals surface area contributed by atoms with Crippen molar-refractivity contribution in [2.75, 3.05) is 37.5 Å². The van der Waals surface area contributed by atoms with Gasteiger partial charge < -0.3 is 13.8 Å². The number of nitrogens with zero attached hydrogens (tertiary/aromatic N) is 3. The molecule has 8 heteroatoms. The van der Waals surface area contributed by atoms with Gasteiger partial charge in [-0.05, 0) is 0 Å². The van der Waals surface area contributed by atoms with Crippen LogP contribution in [0.2, 0.25) is 0 Å². The average molecular weight is 271 g/mol. The van der Waals surface area contributed by atoms with Crippen molar-refractivity contribution in [3.8, 4) is 5.88 Å². The molecule has 0 amide bonds. The molecule has 0 bridgehead atoms. The average Bonchev–Trinajstić information content (AvgIpc) is 2.10. The first-order valence-electron chi connectivity index (χ1n) is 5.50. The monoisotopic (exact) mass is 271 g/mol. The number of rotatable bonds is 3. The van der Waals surface area contributed by atoms with Crippen molar-refractivity contribution in [3.63, 3.8) is 0 Å². The predicted molar refractivity (Wildman–Crippen MR) is 63.0 cm³/mol. The zero-order chi connectivity index (χ0) is 12.8. The molecule has 3 rings (SSSR count). The summed E-state index contributed by atoms with van der Waals surface area (Å²) in [4.78, 5) is 9.94. The van der Waals surface area contributed by atoms with Gasteiger partial charge in [0.05, 0.1) is 24.9 Å². The largest absolute Gasteiger partial charge is 0.380 e. The summed E-state index contributed by atoms with van der Waals surface area (Å²) in [5, 5.41) is 0. The summed E-state index contributed by atoms with van der Waals surface area (Å²) < 4.78 is 31.9. The van der Waals surface area contributed by atoms with Crippen LogP contribution in [0.25, 0.3) is 0 Å². The first kappa shape index (κ1) is 11.7. The summed E-state index contributed by atoms with van der Waals surface area (Å²) in [6, 6.07) is 1.54. The van der Waals surface area contributed by atoms with E-state index < -0.39 is 10.1 Å². The molecule has 3 heterocycles. The predicted octanol–water partition coefficient (Wildman–Crippen LogP) is -0.348. The van der Waals surface area contributed by atoms with Crippen molar-refractivity contribution in [1.29, 1.82) is 0 Å². The first-order valence-corrected chi connectivity index (χ1v) is 7.32. The van der Waals surface area contributed by atoms with E-state index in [0.29, 0.717) is 5.82 Å². The van der Waals surface area contributed by atoms with Gasteiger partial charge in [0, 0.05) is 19.2 Å². The minimum atomic E-state index is -3.55. The first-order chi connectivity index (χ1) is 8.46. The highest BCUT2D eigenvalue weighted by molar-refractivity contribution is 7.86. The molecular formula is C10H13N3O4S. The molecular weight excluding hydrogens is 258 g/mol. The molecule has 0 N–H and O–H groups in total. The molecule has 98 valence electrons. The SMILES string of the molecule is CS(=O)(=O)Oc1cc(N2CC3(COC3)C2)ncn1. The number of ether oxygens (including phenoxy) is 1. The van der Waals surface area contributed by atoms with Gasteiger partial charge in [0.25, 0.3) is 0 Å². The lowest BCUT2D eigenvalue weighted by Crippen LogP contribution is -2.66. The van der Waals surface area contributed by atoms with Crippen molar-refractivity contribution < 1.29 is 17.3 Å². The van der Waals surface area contributed by atoms with Crippen LogP contribution in [-0.4, -0.2) is 50.9 Å². The Morgan fingerprint density at radius 2 is 2.11 bits per heavy atom. The Kier molecular flexibility index (Phi) is 2.46. The van der Waals surface area contributed by atoms with E-state index in [1.165, 1.54) is 12.4 Å². The van der Waals surface area contributed by atoms with Crippen LogP contribution in [0.15, 0.2) is 12.4 Å². The second kappa shape index (κ2) is 3.79. The Balaban J connectivity index is 1.72. The lowest BCUT2D eigenvalue weighted by Gasteiger charge is -2.55. The van der Waals surface area contributed by atoms with E-state index in [9.17, 15) is 8.42 Å². The molecule has 0 radical (unpaired) electrons. The third kappa shape index (κ3) is 2.13. The van der Waals surface area contributed by atoms with Gasteiger partial charge in [-0.25, -0.2) is 9.97 Å². The minimum Gasteiger partial charge on any atom is -0.380 e. The fraction of sp³-hybridized carbons (Fsp3) is 0.600. The number of hydrogen-bond acceptors (Lipinski definition) is 7. The van der Waals surface area contributed by atoms with E-state index in [1.807, 2.05) is 0 Å². The van der Waals surface area contributed by atoms with Crippen LogP contribution in [0.3, 0.4) is 0 Å². The van der Waals surface area contributed by atoms with Gasteiger partial charge in [-0.3, -0.25) is 0 Å². The van der Waals surface area contributed by atoms with Gasteiger partial charge >= 0.3 is 10.1 Å². The Morgan fingerprint density at radius 3 is 2.67 bits per heavy atom. The zero-order valence-electron chi connectivity index (χ0n) is 9.87. The fourth-order valence-electron chi connectivity index (χ4n) is 2.20. The van der Waals surface area contributed by atoms with Crippen molar-refractivity contribution in [1.82, 2.24) is 9.97 Å². The second-order valence-corrected chi connectivity index (χ2v) is 6.43. The Labute approximate surface area is 105 Å². The molecule has 1 aromatic heterocycles. The van der Waals surface area contributed by atoms with Crippen LogP contribution in [0.4, 0.5) is 5.82 Å². The highest BCUT2D eigenvalue weighted by Crippen LogP contribution is 2.39. The molecule has 2 aliphatic rings. The maximum atomic E-state index is 11.0. The number of hydrogen-bond donors (Lipinski definition) is 0. The molecule has 0 unspecified atom stereocenters. The fourth-order valence-corrected chi connectivity index (χ4v) is 2.60. The van der Waals surface area contributed by atoms with Crippen LogP contribution in [0, 0.1) is 5.41 Å². The van der Waals surface area contributed by atoms with Crippen LogP contribution in [0.5, 0.6) is 5.88 Å². The summed E-state index contributed by atoms with van der Waals surface area (Å²) in [6.45, 7) is 3.34. The molecule has 0 atom stereocenters. The molecule has 1 aromatic rings. The lowest BCUT2D eigenvalue weighted by atomic mass is 9.78. The molecule has 18 heavy (non-hydrogen) atoms. The standard InChI is InChI=1S/C10H13N3O4S/c1-18(14,15)17-9-2-8(11-7-12-9)13-3-10(4-13)5-16-6-10/h2,7H,3-6H2,1H3. The molecule has 2 aliphatic heterocycles. The smallest absolute Gasteiger partial charge is 0.307 e. The quantitative estimate of drug-likeness (QED) is 0.695. The van der Waals surface area contributed by atoms with Crippen molar-refractivity contribution in [3.05, 3.63) is 12.4 Å². The third-order valence-electron chi connectivity index (χ3n) is 3.06. The van der Waals surface area contributed by atoms with Crippen LogP contribution >= 0.6 is 0 Å². The lowest BCUT2D eigenvalue weighted by molar-refractivity contribution is -0.127. The summed E-state index contributed by atoms with van der Waals surface area (Å²) >= 11 is 0. The molecule has 0 saturated carbocycles. The van der Waals surface area contributed by atoms with E-state index in [-0.39, 0.29) is 11.3 Å². The second-order valence-electron chi connectivity index (χ2n) is 4.85. The molecule has 1 spiro atoms. The van der Waals surface area contributed by atoms with Gasteiger partial charge in [-0.1, -0.05) is 0 Å². The van der Waals surface area contributed by atoms with E-state index in [2.05, 4.69) is 14.9 Å². The topological polar surface area (TPSA) is 81.6 Å². The van der Waals surface area contributed by atoms with Gasteiger partial charge in [0.1, 0.15) is 12.1 Å². The highest BCUT2D eigenvalue weighted by Gasteiger charge is 2.49. The van der Waals surface area contributed by atoms with E-state index >= 15 is 0 Å². The third-order valence-corrected chi connectivity index (χ3v) is 3.53. The van der Waals surface area contributed by atoms with Crippen LogP contribution in [0.1, 0.15) is 0 Å². The van der Waals surface area contributed by atoms with Crippen molar-refractivity contribution in [2.24, 2.45) is 5.41 Å². The van der Waals surface area contributed by atoms with Gasteiger partial charge in [-0.2, -0.15) is 8.42 Å². The Hall–Kier alpha value is -1.41. The molecule has 0 aliphatic carbocycles. The summed E-state index contributed by atoms with van der Waals surface area (Å²) in [5.41, 5.74) is 0.281. The van der Waals surface area contributed by atoms with E-state index in [0.717, 1.165) is 32.6 Å².